The third-order valence-electron chi connectivity index (χ3n) is 2.32. The monoisotopic (exact) mass is 286 g/mol. The molecule has 0 bridgehead atoms. The first-order chi connectivity index (χ1) is 7.62. The molecule has 0 spiro atoms. The molecular formula is C12H26O2Si3. The van der Waals surface area contributed by atoms with Crippen molar-refractivity contribution in [3.63, 3.8) is 0 Å². The molecule has 0 radical (unpaired) electrons. The maximum atomic E-state index is 6.32. The van der Waals surface area contributed by atoms with Gasteiger partial charge in [-0.25, -0.2) is 0 Å². The Morgan fingerprint density at radius 2 is 1.65 bits per heavy atom. The molecule has 0 aromatic heterocycles. The predicted octanol–water partition coefficient (Wildman–Crippen LogP) is 3.73. The van der Waals surface area contributed by atoms with Crippen molar-refractivity contribution in [3.05, 3.63) is 22.7 Å². The van der Waals surface area contributed by atoms with Gasteiger partial charge in [0, 0.05) is 0 Å². The highest BCUT2D eigenvalue weighted by molar-refractivity contribution is 6.82. The second kappa shape index (κ2) is 5.26. The predicted molar refractivity (Wildman–Crippen MR) is 82.5 cm³/mol. The molecule has 1 heterocycles. The van der Waals surface area contributed by atoms with Crippen molar-refractivity contribution in [1.29, 1.82) is 0 Å². The van der Waals surface area contributed by atoms with E-state index in [0.717, 1.165) is 6.42 Å². The molecule has 17 heavy (non-hydrogen) atoms. The van der Waals surface area contributed by atoms with Crippen LogP contribution >= 0.6 is 0 Å². The molecular weight excluding hydrogens is 260 g/mol. The minimum atomic E-state index is -1.53. The molecule has 2 nitrogen and oxygen atoms in total. The first-order valence-corrected chi connectivity index (χ1v) is 14.9. The Balaban J connectivity index is 2.86. The minimum Gasteiger partial charge on any atom is -0.548 e. The van der Waals surface area contributed by atoms with Gasteiger partial charge in [-0.1, -0.05) is 18.7 Å². The van der Waals surface area contributed by atoms with E-state index in [0.29, 0.717) is 0 Å². The molecule has 98 valence electrons. The molecule has 1 aliphatic rings. The van der Waals surface area contributed by atoms with Crippen molar-refractivity contribution in [2.24, 2.45) is 0 Å². The van der Waals surface area contributed by atoms with Crippen LogP contribution in [0.15, 0.2) is 22.7 Å². The first kappa shape index (κ1) is 14.9. The molecule has 0 aromatic rings. The van der Waals surface area contributed by atoms with E-state index >= 15 is 0 Å². The van der Waals surface area contributed by atoms with Crippen LogP contribution in [0.1, 0.15) is 13.3 Å². The highest BCUT2D eigenvalue weighted by Crippen LogP contribution is 2.27. The fourth-order valence-corrected chi connectivity index (χ4v) is 9.13. The number of rotatable bonds is 5. The van der Waals surface area contributed by atoms with Crippen LogP contribution in [-0.2, 0) is 8.54 Å². The number of hydrogen-bond donors (Lipinski definition) is 0. The van der Waals surface area contributed by atoms with Gasteiger partial charge in [0.2, 0.25) is 8.32 Å². The molecule has 1 rings (SSSR count). The average Bonchev–Trinajstić information content (AvgIpc) is 2.43. The lowest BCUT2D eigenvalue weighted by Gasteiger charge is -2.28. The molecule has 0 amide bonds. The maximum Gasteiger partial charge on any atom is 0.259 e. The zero-order chi connectivity index (χ0) is 13.3. The van der Waals surface area contributed by atoms with Crippen LogP contribution in [0.5, 0.6) is 0 Å². The van der Waals surface area contributed by atoms with E-state index < -0.39 is 25.7 Å². The van der Waals surface area contributed by atoms with Gasteiger partial charge in [0.15, 0.2) is 8.32 Å². The van der Waals surface area contributed by atoms with Crippen LogP contribution in [-0.4, -0.2) is 25.7 Å². The van der Waals surface area contributed by atoms with Gasteiger partial charge < -0.3 is 8.54 Å². The molecule has 1 unspecified atom stereocenters. The van der Waals surface area contributed by atoms with Crippen LogP contribution in [0.4, 0.5) is 0 Å². The highest BCUT2D eigenvalue weighted by Gasteiger charge is 2.32. The summed E-state index contributed by atoms with van der Waals surface area (Å²) in [5, 5.41) is 1.22. The van der Waals surface area contributed by atoms with Crippen LogP contribution in [0.3, 0.4) is 0 Å². The second-order valence-electron chi connectivity index (χ2n) is 6.47. The van der Waals surface area contributed by atoms with Crippen LogP contribution < -0.4 is 0 Å². The van der Waals surface area contributed by atoms with Gasteiger partial charge in [-0.2, -0.15) is 0 Å². The number of hydrogen-bond acceptors (Lipinski definition) is 2. The summed E-state index contributed by atoms with van der Waals surface area (Å²) < 4.78 is 12.6. The van der Waals surface area contributed by atoms with E-state index in [9.17, 15) is 0 Å². The van der Waals surface area contributed by atoms with Gasteiger partial charge in [-0.3, -0.25) is 0 Å². The summed E-state index contributed by atoms with van der Waals surface area (Å²) in [4.78, 5) is 0. The molecule has 0 N–H and O–H groups in total. The molecule has 5 heteroatoms. The van der Waals surface area contributed by atoms with Crippen molar-refractivity contribution in [2.75, 3.05) is 0 Å². The molecule has 0 aliphatic carbocycles. The molecule has 1 atom stereocenters. The molecule has 0 fully saturated rings. The summed E-state index contributed by atoms with van der Waals surface area (Å²) in [6.45, 7) is 15.7. The third-order valence-corrected chi connectivity index (χ3v) is 8.78. The van der Waals surface area contributed by atoms with Gasteiger partial charge in [0.1, 0.15) is 0 Å². The van der Waals surface area contributed by atoms with Gasteiger partial charge in [-0.05, 0) is 51.3 Å². The number of allylic oxidation sites excluding steroid dienone is 2. The molecule has 0 aromatic carbocycles. The van der Waals surface area contributed by atoms with Crippen LogP contribution in [0.25, 0.3) is 0 Å². The lowest BCUT2D eigenvalue weighted by atomic mass is 10.2. The quantitative estimate of drug-likeness (QED) is 0.717. The lowest BCUT2D eigenvalue weighted by molar-refractivity contribution is 0.430. The second-order valence-corrected chi connectivity index (χ2v) is 17.8. The summed E-state index contributed by atoms with van der Waals surface area (Å²) in [7, 11) is -4.42. The summed E-state index contributed by atoms with van der Waals surface area (Å²) in [6, 6.07) is 0. The Bertz CT molecular complexity index is 335. The standard InChI is InChI=1S/C12H26O2Si3/c1-8-11-9-10-15(14-17(5,6)7)12(11)13-16(2,3)4/h9-10,15H,8H2,1-7H3. The van der Waals surface area contributed by atoms with Gasteiger partial charge in [0.05, 0.1) is 5.38 Å². The Morgan fingerprint density at radius 1 is 1.06 bits per heavy atom. The summed E-state index contributed by atoms with van der Waals surface area (Å²) in [5.74, 6) is 0. The van der Waals surface area contributed by atoms with Crippen LogP contribution in [0.2, 0.25) is 39.3 Å². The van der Waals surface area contributed by atoms with Crippen LogP contribution in [0, 0.1) is 0 Å². The Kier molecular flexibility index (Phi) is 4.62. The smallest absolute Gasteiger partial charge is 0.259 e. The van der Waals surface area contributed by atoms with Crippen molar-refractivity contribution in [1.82, 2.24) is 0 Å². The van der Waals surface area contributed by atoms with E-state index in [1.165, 1.54) is 11.0 Å². The Hall–Kier alpha value is -0.109. The molecule has 0 saturated heterocycles. The normalized spacial score (nSPS) is 21.2. The van der Waals surface area contributed by atoms with Gasteiger partial charge in [-0.15, -0.1) is 0 Å². The maximum absolute atomic E-state index is 6.32. The van der Waals surface area contributed by atoms with E-state index in [1.807, 2.05) is 0 Å². The first-order valence-electron chi connectivity index (χ1n) is 6.40. The lowest BCUT2D eigenvalue weighted by Crippen LogP contribution is -2.38. The van der Waals surface area contributed by atoms with E-state index in [1.54, 1.807) is 0 Å². The minimum absolute atomic E-state index is 1.05. The van der Waals surface area contributed by atoms with Gasteiger partial charge in [0.25, 0.3) is 9.04 Å². The molecule has 1 aliphatic heterocycles. The van der Waals surface area contributed by atoms with Gasteiger partial charge >= 0.3 is 0 Å². The fraction of sp³-hybridized carbons (Fsp3) is 0.667. The van der Waals surface area contributed by atoms with Crippen molar-refractivity contribution < 1.29 is 8.54 Å². The van der Waals surface area contributed by atoms with E-state index in [2.05, 4.69) is 58.0 Å². The Labute approximate surface area is 110 Å². The SMILES string of the molecule is CCC1=C(O[Si](C)(C)C)[SiH](O[Si](C)(C)C)C=C1. The van der Waals surface area contributed by atoms with Crippen molar-refractivity contribution in [2.45, 2.75) is 52.6 Å². The summed E-state index contributed by atoms with van der Waals surface area (Å²) >= 11 is 0. The fourth-order valence-electron chi connectivity index (χ4n) is 1.78. The van der Waals surface area contributed by atoms with Crippen molar-refractivity contribution >= 4 is 25.7 Å². The topological polar surface area (TPSA) is 18.5 Å². The van der Waals surface area contributed by atoms with E-state index in [-0.39, 0.29) is 0 Å². The summed E-state index contributed by atoms with van der Waals surface area (Å²) in [5.41, 5.74) is 3.65. The largest absolute Gasteiger partial charge is 0.548 e. The van der Waals surface area contributed by atoms with Crippen molar-refractivity contribution in [3.8, 4) is 0 Å². The summed E-state index contributed by atoms with van der Waals surface area (Å²) in [6.07, 6.45) is 3.28. The third kappa shape index (κ3) is 4.95. The highest BCUT2D eigenvalue weighted by atomic mass is 28.4. The van der Waals surface area contributed by atoms with E-state index in [4.69, 9.17) is 8.54 Å². The zero-order valence-electron chi connectivity index (χ0n) is 12.3. The average molecular weight is 287 g/mol. The Morgan fingerprint density at radius 3 is 2.06 bits per heavy atom. The zero-order valence-corrected chi connectivity index (χ0v) is 15.4. The molecule has 0 saturated carbocycles.